The molecule has 3 rings (SSSR count). The van der Waals surface area contributed by atoms with Crippen LogP contribution in [0.25, 0.3) is 0 Å². The highest BCUT2D eigenvalue weighted by Gasteiger charge is 2.53. The van der Waals surface area contributed by atoms with Crippen LogP contribution in [0.3, 0.4) is 0 Å². The second-order valence-corrected chi connectivity index (χ2v) is 8.33. The Morgan fingerprint density at radius 2 is 0.853 bits per heavy atom. The molecular weight excluding hydrogens is 472 g/mol. The Labute approximate surface area is 192 Å². The Kier molecular flexibility index (Phi) is 9.54. The zero-order chi connectivity index (χ0) is 25.3. The highest BCUT2D eigenvalue weighted by Crippen LogP contribution is 2.32. The third-order valence-corrected chi connectivity index (χ3v) is 6.09. The predicted octanol–water partition coefficient (Wildman–Crippen LogP) is -7.57. The summed E-state index contributed by atoms with van der Waals surface area (Å²) in [6.45, 7) is -2.35. The van der Waals surface area contributed by atoms with Gasteiger partial charge in [0.2, 0.25) is 0 Å². The molecule has 3 fully saturated rings. The van der Waals surface area contributed by atoms with Crippen LogP contribution in [-0.4, -0.2) is 168 Å². The fraction of sp³-hybridized carbons (Fsp3) is 1.00. The van der Waals surface area contributed by atoms with E-state index in [-0.39, 0.29) is 0 Å². The Morgan fingerprint density at radius 1 is 0.441 bits per heavy atom. The van der Waals surface area contributed by atoms with Gasteiger partial charge < -0.3 is 79.9 Å². The molecule has 3 heterocycles. The van der Waals surface area contributed by atoms with Crippen molar-refractivity contribution in [3.8, 4) is 0 Å². The molecule has 0 saturated carbocycles. The minimum atomic E-state index is -1.93. The minimum Gasteiger partial charge on any atom is -0.394 e. The van der Waals surface area contributed by atoms with Gasteiger partial charge in [0.05, 0.1) is 19.8 Å². The van der Waals surface area contributed by atoms with Gasteiger partial charge in [0.25, 0.3) is 0 Å². The van der Waals surface area contributed by atoms with Crippen molar-refractivity contribution >= 4 is 0 Å². The molecule has 3 aliphatic rings. The van der Waals surface area contributed by atoms with Crippen LogP contribution in [0.1, 0.15) is 0 Å². The molecule has 3 saturated heterocycles. The van der Waals surface area contributed by atoms with Crippen LogP contribution in [-0.2, 0) is 23.7 Å². The zero-order valence-electron chi connectivity index (χ0n) is 17.7. The molecule has 34 heavy (non-hydrogen) atoms. The van der Waals surface area contributed by atoms with Crippen LogP contribution in [0.5, 0.6) is 0 Å². The minimum absolute atomic E-state index is 0.762. The van der Waals surface area contributed by atoms with Gasteiger partial charge in [0, 0.05) is 0 Å². The van der Waals surface area contributed by atoms with Gasteiger partial charge in [-0.3, -0.25) is 0 Å². The topological polar surface area (TPSA) is 269 Å². The summed E-state index contributed by atoms with van der Waals surface area (Å²) in [5, 5.41) is 109. The number of aliphatic hydroxyl groups excluding tert-OH is 11. The van der Waals surface area contributed by atoms with Gasteiger partial charge >= 0.3 is 0 Å². The van der Waals surface area contributed by atoms with E-state index in [0.717, 1.165) is 0 Å². The molecule has 0 aromatic carbocycles. The lowest BCUT2D eigenvalue weighted by molar-refractivity contribution is -0.383. The fourth-order valence-electron chi connectivity index (χ4n) is 4.04. The summed E-state index contributed by atoms with van der Waals surface area (Å²) in [6.07, 6.45) is -25.6. The smallest absolute Gasteiger partial charge is 0.187 e. The van der Waals surface area contributed by atoms with Crippen molar-refractivity contribution in [2.75, 3.05) is 19.8 Å². The van der Waals surface area contributed by atoms with Crippen LogP contribution in [0.15, 0.2) is 0 Å². The van der Waals surface area contributed by atoms with Crippen LogP contribution in [0.2, 0.25) is 0 Å². The molecule has 11 N–H and O–H groups in total. The van der Waals surface area contributed by atoms with Gasteiger partial charge in [-0.15, -0.1) is 0 Å². The molecule has 0 amide bonds. The van der Waals surface area contributed by atoms with Crippen molar-refractivity contribution in [3.05, 3.63) is 0 Å². The molecule has 200 valence electrons. The van der Waals surface area contributed by atoms with E-state index < -0.39 is 112 Å². The van der Waals surface area contributed by atoms with Crippen molar-refractivity contribution in [1.82, 2.24) is 0 Å². The lowest BCUT2D eigenvalue weighted by atomic mass is 9.96. The SMILES string of the molecule is OC[C@H]1O[C@H](O[C@@H]2[C@@H](O)[C@@H](O)O[C@H](CO)[C@@H]2O[C@H]2O[C@H](CO)[C@@H](O)[C@H](O)[C@H]2O)[C@H](O)[C@@H](O)[C@@H]1O. The summed E-state index contributed by atoms with van der Waals surface area (Å²) in [6, 6.07) is 0. The van der Waals surface area contributed by atoms with E-state index >= 15 is 0 Å². The molecule has 0 aliphatic carbocycles. The van der Waals surface area contributed by atoms with Crippen LogP contribution in [0.4, 0.5) is 0 Å². The molecule has 0 radical (unpaired) electrons. The summed E-state index contributed by atoms with van der Waals surface area (Å²) in [4.78, 5) is 0. The molecule has 16 heteroatoms. The van der Waals surface area contributed by atoms with E-state index in [4.69, 9.17) is 23.7 Å². The van der Waals surface area contributed by atoms with Gasteiger partial charge in [0.1, 0.15) is 73.2 Å². The van der Waals surface area contributed by atoms with Gasteiger partial charge in [-0.25, -0.2) is 0 Å². The number of ether oxygens (including phenoxy) is 5. The summed E-state index contributed by atoms with van der Waals surface area (Å²) < 4.78 is 26.7. The van der Waals surface area contributed by atoms with E-state index in [1.165, 1.54) is 0 Å². The molecular formula is C18H32O16. The average molecular weight is 504 g/mol. The first-order valence-corrected chi connectivity index (χ1v) is 10.6. The van der Waals surface area contributed by atoms with Crippen LogP contribution >= 0.6 is 0 Å². The Bertz CT molecular complexity index is 599. The Hall–Kier alpha value is -0.640. The first-order valence-electron chi connectivity index (χ1n) is 10.6. The summed E-state index contributed by atoms with van der Waals surface area (Å²) >= 11 is 0. The summed E-state index contributed by atoms with van der Waals surface area (Å²) in [5.41, 5.74) is 0. The monoisotopic (exact) mass is 504 g/mol. The third kappa shape index (κ3) is 5.37. The number of rotatable bonds is 7. The predicted molar refractivity (Wildman–Crippen MR) is 101 cm³/mol. The van der Waals surface area contributed by atoms with E-state index in [2.05, 4.69) is 0 Å². The summed E-state index contributed by atoms with van der Waals surface area (Å²) in [7, 11) is 0. The lowest BCUT2D eigenvalue weighted by Crippen LogP contribution is -2.67. The first kappa shape index (κ1) is 27.9. The molecule has 15 atom stereocenters. The number of aliphatic hydroxyl groups is 11. The standard InChI is InChI=1S/C18H32O16/c19-1-4-7(22)9(24)11(26)17(31-4)33-14-6(3-21)30-16(29)13(28)15(14)34-18-12(27)10(25)8(23)5(2-20)32-18/h4-29H,1-3H2/t4-,5-,6-,7-,8-,9+,10+,11-,12-,13-,14+,15-,16+,17-,18-/m1/s1. The van der Waals surface area contributed by atoms with Gasteiger partial charge in [0.15, 0.2) is 18.9 Å². The zero-order valence-corrected chi connectivity index (χ0v) is 17.7. The second kappa shape index (κ2) is 11.6. The molecule has 0 aromatic rings. The van der Waals surface area contributed by atoms with Crippen LogP contribution in [0, 0.1) is 0 Å². The van der Waals surface area contributed by atoms with Crippen molar-refractivity contribution in [2.24, 2.45) is 0 Å². The van der Waals surface area contributed by atoms with Crippen molar-refractivity contribution < 1.29 is 79.9 Å². The molecule has 0 bridgehead atoms. The maximum atomic E-state index is 10.5. The highest BCUT2D eigenvalue weighted by atomic mass is 16.8. The second-order valence-electron chi connectivity index (χ2n) is 8.33. The van der Waals surface area contributed by atoms with Gasteiger partial charge in [-0.05, 0) is 0 Å². The van der Waals surface area contributed by atoms with Crippen molar-refractivity contribution in [1.29, 1.82) is 0 Å². The fourth-order valence-corrected chi connectivity index (χ4v) is 4.04. The first-order chi connectivity index (χ1) is 16.0. The normalized spacial score (nSPS) is 52.5. The molecule has 16 nitrogen and oxygen atoms in total. The maximum Gasteiger partial charge on any atom is 0.187 e. The number of hydrogen-bond donors (Lipinski definition) is 11. The molecule has 0 spiro atoms. The van der Waals surface area contributed by atoms with Gasteiger partial charge in [-0.1, -0.05) is 0 Å². The van der Waals surface area contributed by atoms with E-state index in [9.17, 15) is 56.2 Å². The lowest BCUT2D eigenvalue weighted by Gasteiger charge is -2.48. The Morgan fingerprint density at radius 3 is 1.26 bits per heavy atom. The third-order valence-electron chi connectivity index (χ3n) is 6.09. The summed E-state index contributed by atoms with van der Waals surface area (Å²) in [5.74, 6) is 0. The van der Waals surface area contributed by atoms with E-state index in [1.54, 1.807) is 0 Å². The average Bonchev–Trinajstić information content (AvgIpc) is 2.83. The Balaban J connectivity index is 1.84. The van der Waals surface area contributed by atoms with Crippen molar-refractivity contribution in [2.45, 2.75) is 92.1 Å². The van der Waals surface area contributed by atoms with E-state index in [1.807, 2.05) is 0 Å². The van der Waals surface area contributed by atoms with Crippen molar-refractivity contribution in [3.63, 3.8) is 0 Å². The highest BCUT2D eigenvalue weighted by molar-refractivity contribution is 4.96. The molecule has 3 aliphatic heterocycles. The maximum absolute atomic E-state index is 10.5. The largest absolute Gasteiger partial charge is 0.394 e. The van der Waals surface area contributed by atoms with E-state index in [0.29, 0.717) is 0 Å². The van der Waals surface area contributed by atoms with Gasteiger partial charge in [-0.2, -0.15) is 0 Å². The quantitative estimate of drug-likeness (QED) is 0.154. The number of hydrogen-bond acceptors (Lipinski definition) is 16. The van der Waals surface area contributed by atoms with Crippen LogP contribution < -0.4 is 0 Å². The molecule has 0 unspecified atom stereocenters. The molecule has 0 aromatic heterocycles.